The number of aliphatic carboxylic acids is 1. The van der Waals surface area contributed by atoms with Crippen LogP contribution in [0.25, 0.3) is 5.69 Å². The molecule has 6 nitrogen and oxygen atoms in total. The lowest BCUT2D eigenvalue weighted by Gasteiger charge is -2.11. The Morgan fingerprint density at radius 2 is 2.16 bits per heavy atom. The van der Waals surface area contributed by atoms with Gasteiger partial charge >= 0.3 is 5.97 Å². The number of carboxylic acid groups (broad SMARTS) is 1. The second-order valence-electron chi connectivity index (χ2n) is 5.45. The number of carbonyl (C=O) groups excluding carboxylic acids is 1. The zero-order chi connectivity index (χ0) is 18.2. The second kappa shape index (κ2) is 9.48. The van der Waals surface area contributed by atoms with E-state index < -0.39 is 5.97 Å². The van der Waals surface area contributed by atoms with Gasteiger partial charge in [-0.2, -0.15) is 0 Å². The Balaban J connectivity index is 1.86. The zero-order valence-electron chi connectivity index (χ0n) is 13.9. The molecular weight excluding hydrogens is 362 g/mol. The van der Waals surface area contributed by atoms with E-state index >= 15 is 0 Å². The zero-order valence-corrected chi connectivity index (χ0v) is 15.4. The van der Waals surface area contributed by atoms with Gasteiger partial charge in [0.2, 0.25) is 5.91 Å². The monoisotopic (exact) mass is 381 g/mol. The molecule has 1 heterocycles. The van der Waals surface area contributed by atoms with Crippen LogP contribution in [0.4, 0.5) is 0 Å². The van der Waals surface area contributed by atoms with Crippen LogP contribution in [0.1, 0.15) is 24.8 Å². The predicted octanol–water partition coefficient (Wildman–Crippen LogP) is 3.30. The van der Waals surface area contributed by atoms with Crippen molar-refractivity contribution in [3.63, 3.8) is 0 Å². The third-order valence-corrected chi connectivity index (χ3v) is 4.95. The number of hydrogen-bond donors (Lipinski definition) is 2. The van der Waals surface area contributed by atoms with Gasteiger partial charge in [-0.25, -0.2) is 4.98 Å². The van der Waals surface area contributed by atoms with Crippen molar-refractivity contribution >= 4 is 35.2 Å². The van der Waals surface area contributed by atoms with E-state index in [4.69, 9.17) is 16.7 Å². The lowest BCUT2D eigenvalue weighted by Crippen LogP contribution is -2.26. The van der Waals surface area contributed by atoms with Crippen molar-refractivity contribution in [2.24, 2.45) is 0 Å². The first kappa shape index (κ1) is 19.3. The quantitative estimate of drug-likeness (QED) is 0.514. The highest BCUT2D eigenvalue weighted by molar-refractivity contribution is 7.99. The van der Waals surface area contributed by atoms with Crippen LogP contribution in [-0.2, 0) is 9.59 Å². The molecule has 25 heavy (non-hydrogen) atoms. The van der Waals surface area contributed by atoms with Crippen LogP contribution in [0, 0.1) is 6.92 Å². The van der Waals surface area contributed by atoms with Crippen LogP contribution in [0.3, 0.4) is 0 Å². The minimum absolute atomic E-state index is 0.0994. The first-order chi connectivity index (χ1) is 12.0. The molecule has 2 aromatic rings. The Kier molecular flexibility index (Phi) is 7.33. The first-order valence-corrected chi connectivity index (χ1v) is 9.25. The van der Waals surface area contributed by atoms with Gasteiger partial charge in [0.1, 0.15) is 0 Å². The van der Waals surface area contributed by atoms with Crippen molar-refractivity contribution in [3.05, 3.63) is 41.2 Å². The molecule has 134 valence electrons. The summed E-state index contributed by atoms with van der Waals surface area (Å²) in [4.78, 5) is 26.6. The number of nitrogens with zero attached hydrogens (tertiary/aromatic N) is 2. The highest BCUT2D eigenvalue weighted by Crippen LogP contribution is 2.26. The molecule has 0 atom stereocenters. The number of carboxylic acids is 1. The fourth-order valence-electron chi connectivity index (χ4n) is 2.25. The molecule has 0 radical (unpaired) electrons. The fourth-order valence-corrected chi connectivity index (χ4v) is 3.21. The summed E-state index contributed by atoms with van der Waals surface area (Å²) in [6.07, 6.45) is 4.86. The summed E-state index contributed by atoms with van der Waals surface area (Å²) in [5.41, 5.74) is 1.88. The normalized spacial score (nSPS) is 10.6. The smallest absolute Gasteiger partial charge is 0.303 e. The summed E-state index contributed by atoms with van der Waals surface area (Å²) in [5.74, 6) is -0.669. The summed E-state index contributed by atoms with van der Waals surface area (Å²) in [6, 6.07) is 5.67. The highest BCUT2D eigenvalue weighted by Gasteiger charge is 2.11. The molecule has 0 spiro atoms. The number of nitrogens with one attached hydrogen (secondary N) is 1. The van der Waals surface area contributed by atoms with Crippen molar-refractivity contribution in [1.82, 2.24) is 14.9 Å². The number of unbranched alkanes of at least 4 members (excludes halogenated alkanes) is 1. The van der Waals surface area contributed by atoms with Crippen molar-refractivity contribution in [3.8, 4) is 5.69 Å². The van der Waals surface area contributed by atoms with Gasteiger partial charge in [0.25, 0.3) is 0 Å². The van der Waals surface area contributed by atoms with E-state index in [0.29, 0.717) is 29.6 Å². The Morgan fingerprint density at radius 1 is 1.36 bits per heavy atom. The van der Waals surface area contributed by atoms with Crippen LogP contribution < -0.4 is 5.32 Å². The van der Waals surface area contributed by atoms with Crippen molar-refractivity contribution < 1.29 is 14.7 Å². The molecule has 8 heteroatoms. The average Bonchev–Trinajstić information content (AvgIpc) is 3.03. The number of imidazole rings is 1. The Bertz CT molecular complexity index is 748. The van der Waals surface area contributed by atoms with E-state index in [1.807, 2.05) is 35.9 Å². The number of halogens is 1. The molecule has 0 bridgehead atoms. The molecule has 1 amide bonds. The number of carbonyl (C=O) groups is 2. The number of hydrogen-bond acceptors (Lipinski definition) is 4. The van der Waals surface area contributed by atoms with Crippen LogP contribution >= 0.6 is 23.4 Å². The van der Waals surface area contributed by atoms with Crippen molar-refractivity contribution in [2.75, 3.05) is 12.3 Å². The van der Waals surface area contributed by atoms with Gasteiger partial charge in [-0.05, 0) is 37.5 Å². The fraction of sp³-hybridized carbons (Fsp3) is 0.353. The average molecular weight is 382 g/mol. The largest absolute Gasteiger partial charge is 0.481 e. The molecule has 0 fully saturated rings. The molecule has 0 aliphatic heterocycles. The summed E-state index contributed by atoms with van der Waals surface area (Å²) in [7, 11) is 0. The van der Waals surface area contributed by atoms with Gasteiger partial charge < -0.3 is 10.4 Å². The van der Waals surface area contributed by atoms with Gasteiger partial charge in [0.15, 0.2) is 5.16 Å². The van der Waals surface area contributed by atoms with Gasteiger partial charge in [-0.3, -0.25) is 14.2 Å². The summed E-state index contributed by atoms with van der Waals surface area (Å²) >= 11 is 7.51. The van der Waals surface area contributed by atoms with Crippen molar-refractivity contribution in [1.29, 1.82) is 0 Å². The summed E-state index contributed by atoms with van der Waals surface area (Å²) in [6.45, 7) is 2.42. The Labute approximate surface area is 155 Å². The SMILES string of the molecule is Cc1c(Cl)cccc1-n1ccnc1SCC(=O)NCCCCC(=O)O. The molecule has 0 saturated carbocycles. The molecule has 1 aromatic heterocycles. The standard InChI is InChI=1S/C17H20ClN3O3S/c1-12-13(18)5-4-6-14(12)21-10-9-20-17(21)25-11-15(22)19-8-3-2-7-16(23)24/h4-6,9-10H,2-3,7-8,11H2,1H3,(H,19,22)(H,23,24). The van der Waals surface area contributed by atoms with Crippen LogP contribution in [0.15, 0.2) is 35.7 Å². The Hall–Kier alpha value is -1.99. The van der Waals surface area contributed by atoms with Gasteiger partial charge in [-0.1, -0.05) is 29.4 Å². The lowest BCUT2D eigenvalue weighted by molar-refractivity contribution is -0.137. The number of aromatic nitrogens is 2. The van der Waals surface area contributed by atoms with Gasteiger partial charge in [0, 0.05) is 30.4 Å². The van der Waals surface area contributed by atoms with Crippen LogP contribution in [0.5, 0.6) is 0 Å². The molecular formula is C17H20ClN3O3S. The summed E-state index contributed by atoms with van der Waals surface area (Å²) < 4.78 is 1.91. The van der Waals surface area contributed by atoms with E-state index in [1.165, 1.54) is 11.8 Å². The summed E-state index contributed by atoms with van der Waals surface area (Å²) in [5, 5.41) is 12.7. The van der Waals surface area contributed by atoms with E-state index in [0.717, 1.165) is 11.3 Å². The second-order valence-corrected chi connectivity index (χ2v) is 6.80. The van der Waals surface area contributed by atoms with Gasteiger partial charge in [0.05, 0.1) is 11.4 Å². The number of benzene rings is 1. The minimum atomic E-state index is -0.815. The number of amides is 1. The molecule has 2 N–H and O–H groups in total. The molecule has 0 unspecified atom stereocenters. The van der Waals surface area contributed by atoms with Crippen LogP contribution in [-0.4, -0.2) is 38.8 Å². The maximum atomic E-state index is 11.9. The van der Waals surface area contributed by atoms with Gasteiger partial charge in [-0.15, -0.1) is 0 Å². The minimum Gasteiger partial charge on any atom is -0.481 e. The lowest BCUT2D eigenvalue weighted by atomic mass is 10.2. The van der Waals surface area contributed by atoms with E-state index in [1.54, 1.807) is 6.20 Å². The van der Waals surface area contributed by atoms with E-state index in [9.17, 15) is 9.59 Å². The van der Waals surface area contributed by atoms with Crippen LogP contribution in [0.2, 0.25) is 5.02 Å². The Morgan fingerprint density at radius 3 is 2.92 bits per heavy atom. The molecule has 2 rings (SSSR count). The maximum absolute atomic E-state index is 11.9. The van der Waals surface area contributed by atoms with E-state index in [2.05, 4.69) is 10.3 Å². The third kappa shape index (κ3) is 5.79. The molecule has 0 aliphatic carbocycles. The number of thioether (sulfide) groups is 1. The third-order valence-electron chi connectivity index (χ3n) is 3.58. The predicted molar refractivity (Wildman–Crippen MR) is 98.5 cm³/mol. The topological polar surface area (TPSA) is 84.2 Å². The van der Waals surface area contributed by atoms with Crippen molar-refractivity contribution in [2.45, 2.75) is 31.3 Å². The first-order valence-electron chi connectivity index (χ1n) is 7.89. The molecule has 0 aliphatic rings. The highest BCUT2D eigenvalue weighted by atomic mass is 35.5. The molecule has 0 saturated heterocycles. The number of rotatable bonds is 9. The maximum Gasteiger partial charge on any atom is 0.303 e. The van der Waals surface area contributed by atoms with E-state index in [-0.39, 0.29) is 18.1 Å². The molecule has 1 aromatic carbocycles.